The molecule has 0 aromatic heterocycles. The van der Waals surface area contributed by atoms with Gasteiger partial charge in [-0.25, -0.2) is 0 Å². The molecule has 0 bridgehead atoms. The first kappa shape index (κ1) is 14.2. The average molecular weight is 300 g/mol. The molecule has 3 aliphatic rings. The van der Waals surface area contributed by atoms with E-state index in [1.165, 1.54) is 31.2 Å². The summed E-state index contributed by atoms with van der Waals surface area (Å²) >= 11 is 0. The van der Waals surface area contributed by atoms with Gasteiger partial charge >= 0.3 is 0 Å². The number of nitrogens with two attached hydrogens (primary N) is 1. The molecule has 2 saturated carbocycles. The zero-order valence-corrected chi connectivity index (χ0v) is 12.9. The van der Waals surface area contributed by atoms with Gasteiger partial charge in [-0.05, 0) is 49.9 Å². The number of rotatable bonds is 5. The summed E-state index contributed by atoms with van der Waals surface area (Å²) < 4.78 is 5.96. The Bertz CT molecular complexity index is 582. The van der Waals surface area contributed by atoms with Crippen LogP contribution in [0.3, 0.4) is 0 Å². The molecule has 4 rings (SSSR count). The molecule has 1 spiro atoms. The Morgan fingerprint density at radius 2 is 2.27 bits per heavy atom. The highest BCUT2D eigenvalue weighted by Crippen LogP contribution is 2.62. The number of hydrogen-bond acceptors (Lipinski definition) is 3. The molecule has 1 aromatic rings. The van der Waals surface area contributed by atoms with Crippen LogP contribution < -0.4 is 11.1 Å². The molecule has 1 aliphatic heterocycles. The Kier molecular flexibility index (Phi) is 3.46. The highest BCUT2D eigenvalue weighted by Gasteiger charge is 2.66. The summed E-state index contributed by atoms with van der Waals surface area (Å²) in [6.45, 7) is 1.90. The maximum Gasteiger partial charge on any atom is 0.248 e. The van der Waals surface area contributed by atoms with E-state index < -0.39 is 0 Å². The van der Waals surface area contributed by atoms with Gasteiger partial charge in [0.05, 0.1) is 6.10 Å². The summed E-state index contributed by atoms with van der Waals surface area (Å²) in [5.41, 5.74) is 7.55. The van der Waals surface area contributed by atoms with Crippen LogP contribution in [0.1, 0.15) is 41.6 Å². The normalized spacial score (nSPS) is 31.4. The van der Waals surface area contributed by atoms with E-state index >= 15 is 0 Å². The second-order valence-electron chi connectivity index (χ2n) is 7.08. The smallest absolute Gasteiger partial charge is 0.248 e. The first-order chi connectivity index (χ1) is 10.7. The topological polar surface area (TPSA) is 64.4 Å². The molecule has 1 saturated heterocycles. The monoisotopic (exact) mass is 300 g/mol. The van der Waals surface area contributed by atoms with Gasteiger partial charge in [-0.15, -0.1) is 0 Å². The molecule has 1 amide bonds. The maximum absolute atomic E-state index is 11.2. The first-order valence-electron chi connectivity index (χ1n) is 8.44. The van der Waals surface area contributed by atoms with E-state index in [4.69, 9.17) is 10.5 Å². The highest BCUT2D eigenvalue weighted by molar-refractivity contribution is 5.92. The Balaban J connectivity index is 1.35. The number of carbonyl (C=O) groups excluding carboxylic acids is 1. The molecular weight excluding hydrogens is 276 g/mol. The molecule has 118 valence electrons. The molecule has 3 fully saturated rings. The van der Waals surface area contributed by atoms with E-state index in [2.05, 4.69) is 11.4 Å². The van der Waals surface area contributed by atoms with Crippen molar-refractivity contribution in [2.75, 3.05) is 13.2 Å². The Morgan fingerprint density at radius 1 is 1.41 bits per heavy atom. The zero-order valence-electron chi connectivity index (χ0n) is 12.9. The van der Waals surface area contributed by atoms with Gasteiger partial charge in [-0.3, -0.25) is 4.79 Å². The van der Waals surface area contributed by atoms with Crippen LogP contribution in [0.15, 0.2) is 24.3 Å². The Labute approximate surface area is 131 Å². The number of carbonyl (C=O) groups is 1. The second-order valence-corrected chi connectivity index (χ2v) is 7.08. The number of hydrogen-bond donors (Lipinski definition) is 2. The molecule has 2 aliphatic carbocycles. The van der Waals surface area contributed by atoms with Crippen LogP contribution in [0.25, 0.3) is 0 Å². The molecule has 3 N–H and O–H groups in total. The van der Waals surface area contributed by atoms with Crippen LogP contribution in [-0.4, -0.2) is 31.2 Å². The van der Waals surface area contributed by atoms with Crippen LogP contribution in [0.5, 0.6) is 0 Å². The van der Waals surface area contributed by atoms with Crippen molar-refractivity contribution >= 4 is 5.91 Å². The molecule has 1 aromatic carbocycles. The van der Waals surface area contributed by atoms with Crippen LogP contribution in [-0.2, 0) is 11.2 Å². The summed E-state index contributed by atoms with van der Waals surface area (Å²) in [5.74, 6) is 0.366. The van der Waals surface area contributed by atoms with E-state index in [9.17, 15) is 4.79 Å². The van der Waals surface area contributed by atoms with Crippen LogP contribution >= 0.6 is 0 Å². The van der Waals surface area contributed by atoms with Crippen molar-refractivity contribution < 1.29 is 9.53 Å². The van der Waals surface area contributed by atoms with Gasteiger partial charge in [0.1, 0.15) is 0 Å². The number of amides is 1. The SMILES string of the molecule is NC(=O)c1cccc(CCN[C@@H]2[C@@H]3CCO[C@H]3C23CCC3)c1. The van der Waals surface area contributed by atoms with Gasteiger partial charge in [-0.2, -0.15) is 0 Å². The number of ether oxygens (including phenoxy) is 1. The van der Waals surface area contributed by atoms with Crippen molar-refractivity contribution in [2.24, 2.45) is 17.1 Å². The molecular formula is C18H24N2O2. The number of benzene rings is 1. The predicted molar refractivity (Wildman–Crippen MR) is 84.6 cm³/mol. The molecule has 0 radical (unpaired) electrons. The highest BCUT2D eigenvalue weighted by atomic mass is 16.5. The average Bonchev–Trinajstić information content (AvgIpc) is 2.87. The molecule has 3 atom stereocenters. The first-order valence-corrected chi connectivity index (χ1v) is 8.44. The zero-order chi connectivity index (χ0) is 15.2. The van der Waals surface area contributed by atoms with Crippen molar-refractivity contribution in [3.05, 3.63) is 35.4 Å². The number of primary amides is 1. The van der Waals surface area contributed by atoms with E-state index in [0.29, 0.717) is 23.1 Å². The van der Waals surface area contributed by atoms with Crippen molar-refractivity contribution in [1.82, 2.24) is 5.32 Å². The molecule has 4 nitrogen and oxygen atoms in total. The lowest BCUT2D eigenvalue weighted by molar-refractivity contribution is -0.175. The summed E-state index contributed by atoms with van der Waals surface area (Å²) in [6, 6.07) is 8.29. The summed E-state index contributed by atoms with van der Waals surface area (Å²) in [5, 5.41) is 3.78. The van der Waals surface area contributed by atoms with E-state index in [1.54, 1.807) is 6.07 Å². The Morgan fingerprint density at radius 3 is 3.00 bits per heavy atom. The predicted octanol–water partition coefficient (Wildman–Crippen LogP) is 1.88. The van der Waals surface area contributed by atoms with Crippen LogP contribution in [0, 0.1) is 11.3 Å². The minimum Gasteiger partial charge on any atom is -0.377 e. The minimum atomic E-state index is -0.354. The van der Waals surface area contributed by atoms with Gasteiger partial charge in [-0.1, -0.05) is 18.6 Å². The van der Waals surface area contributed by atoms with Gasteiger partial charge in [0.2, 0.25) is 5.91 Å². The van der Waals surface area contributed by atoms with Crippen molar-refractivity contribution in [3.8, 4) is 0 Å². The lowest BCUT2D eigenvalue weighted by Crippen LogP contribution is -2.71. The van der Waals surface area contributed by atoms with Crippen LogP contribution in [0.2, 0.25) is 0 Å². The van der Waals surface area contributed by atoms with Crippen LogP contribution in [0.4, 0.5) is 0 Å². The maximum atomic E-state index is 11.2. The van der Waals surface area contributed by atoms with Crippen molar-refractivity contribution in [3.63, 3.8) is 0 Å². The molecule has 22 heavy (non-hydrogen) atoms. The van der Waals surface area contributed by atoms with Gasteiger partial charge < -0.3 is 15.8 Å². The summed E-state index contributed by atoms with van der Waals surface area (Å²) in [4.78, 5) is 11.2. The second kappa shape index (κ2) is 5.36. The minimum absolute atomic E-state index is 0.354. The third kappa shape index (κ3) is 2.09. The van der Waals surface area contributed by atoms with Gasteiger partial charge in [0, 0.05) is 29.5 Å². The third-order valence-electron chi connectivity index (χ3n) is 6.03. The number of nitrogens with one attached hydrogen (secondary N) is 1. The van der Waals surface area contributed by atoms with Crippen molar-refractivity contribution in [1.29, 1.82) is 0 Å². The van der Waals surface area contributed by atoms with Gasteiger partial charge in [0.25, 0.3) is 0 Å². The van der Waals surface area contributed by atoms with E-state index in [0.717, 1.165) is 25.5 Å². The number of fused-ring (bicyclic) bond motifs is 2. The quantitative estimate of drug-likeness (QED) is 0.872. The largest absolute Gasteiger partial charge is 0.377 e. The van der Waals surface area contributed by atoms with Gasteiger partial charge in [0.15, 0.2) is 0 Å². The fraction of sp³-hybridized carbons (Fsp3) is 0.611. The molecule has 1 heterocycles. The van der Waals surface area contributed by atoms with E-state index in [-0.39, 0.29) is 5.91 Å². The lowest BCUT2D eigenvalue weighted by atomic mass is 9.46. The Hall–Kier alpha value is -1.39. The fourth-order valence-electron chi connectivity index (χ4n) is 4.81. The molecule has 0 unspecified atom stereocenters. The fourth-order valence-corrected chi connectivity index (χ4v) is 4.81. The summed E-state index contributed by atoms with van der Waals surface area (Å²) in [7, 11) is 0. The van der Waals surface area contributed by atoms with Crippen molar-refractivity contribution in [2.45, 2.75) is 44.2 Å². The van der Waals surface area contributed by atoms with E-state index in [1.807, 2.05) is 12.1 Å². The summed E-state index contributed by atoms with van der Waals surface area (Å²) in [6.07, 6.45) is 6.67. The molecule has 4 heteroatoms. The standard InChI is InChI=1S/C18H24N2O2/c19-17(21)13-4-1-3-12(11-13)5-9-20-15-14-6-10-22-16(14)18(15)7-2-8-18/h1,3-4,11,14-16,20H,2,5-10H2,(H2,19,21)/t14-,15+,16+/m0/s1. The third-order valence-corrected chi connectivity index (χ3v) is 6.03. The lowest BCUT2D eigenvalue weighted by Gasteiger charge is -2.63.